The van der Waals surface area contributed by atoms with Crippen molar-refractivity contribution >= 4 is 5.91 Å². The lowest BCUT2D eigenvalue weighted by atomic mass is 9.93. The highest BCUT2D eigenvalue weighted by Gasteiger charge is 2.46. The Labute approximate surface area is 126 Å². The van der Waals surface area contributed by atoms with Crippen LogP contribution in [0.15, 0.2) is 18.2 Å². The number of nitrogens with one attached hydrogen (secondary N) is 2. The summed E-state index contributed by atoms with van der Waals surface area (Å²) in [6.07, 6.45) is -0.733. The highest BCUT2D eigenvalue weighted by molar-refractivity contribution is 5.79. The fourth-order valence-electron chi connectivity index (χ4n) is 3.57. The van der Waals surface area contributed by atoms with E-state index in [0.29, 0.717) is 0 Å². The van der Waals surface area contributed by atoms with E-state index in [1.165, 1.54) is 12.1 Å². The molecule has 7 heteroatoms. The summed E-state index contributed by atoms with van der Waals surface area (Å²) in [5, 5.41) is 6.42. The van der Waals surface area contributed by atoms with Crippen LogP contribution in [0.5, 0.6) is 0 Å². The molecule has 1 aliphatic carbocycles. The lowest BCUT2D eigenvalue weighted by Gasteiger charge is -2.30. The summed E-state index contributed by atoms with van der Waals surface area (Å²) >= 11 is 0. The van der Waals surface area contributed by atoms with Crippen LogP contribution in [-0.2, 0) is 17.4 Å². The van der Waals surface area contributed by atoms with Crippen LogP contribution in [-0.4, -0.2) is 29.0 Å². The number of halogens is 3. The zero-order chi connectivity index (χ0) is 15.8. The van der Waals surface area contributed by atoms with Crippen molar-refractivity contribution in [2.24, 2.45) is 0 Å². The molecule has 0 spiro atoms. The quantitative estimate of drug-likeness (QED) is 0.898. The summed E-state index contributed by atoms with van der Waals surface area (Å²) in [5.41, 5.74) is -1.04. The van der Waals surface area contributed by atoms with Gasteiger partial charge >= 0.3 is 6.18 Å². The Morgan fingerprint density at radius 1 is 1.41 bits per heavy atom. The molecule has 1 aromatic rings. The van der Waals surface area contributed by atoms with Gasteiger partial charge in [-0.3, -0.25) is 4.79 Å². The van der Waals surface area contributed by atoms with Crippen LogP contribution >= 0.6 is 0 Å². The van der Waals surface area contributed by atoms with Gasteiger partial charge in [0.25, 0.3) is 0 Å². The van der Waals surface area contributed by atoms with E-state index in [4.69, 9.17) is 0 Å². The molecule has 1 aromatic heterocycles. The van der Waals surface area contributed by atoms with Crippen molar-refractivity contribution in [3.8, 4) is 0 Å². The second kappa shape index (κ2) is 5.53. The number of hydrogen-bond acceptors (Lipinski definition) is 3. The normalized spacial score (nSPS) is 27.7. The van der Waals surface area contributed by atoms with Crippen molar-refractivity contribution in [2.75, 3.05) is 6.54 Å². The standard InChI is InChI=1S/C15H18F3N3O/c16-15(17,18)12-4-1-3-10(20-12)9-13(22)21-14-6-2-5-11(14)19-8-7-14/h1,3-4,11,19H,2,5-9H2,(H,21,22). The third kappa shape index (κ3) is 2.95. The molecule has 0 bridgehead atoms. The number of fused-ring (bicyclic) bond motifs is 1. The largest absolute Gasteiger partial charge is 0.433 e. The van der Waals surface area contributed by atoms with Crippen molar-refractivity contribution in [3.63, 3.8) is 0 Å². The van der Waals surface area contributed by atoms with E-state index < -0.39 is 11.9 Å². The SMILES string of the molecule is O=C(Cc1cccc(C(F)(F)F)n1)NC12CCCC1NCC2. The zero-order valence-electron chi connectivity index (χ0n) is 12.0. The predicted molar refractivity (Wildman–Crippen MR) is 74.1 cm³/mol. The summed E-state index contributed by atoms with van der Waals surface area (Å²) < 4.78 is 37.9. The van der Waals surface area contributed by atoms with Gasteiger partial charge in [-0.05, 0) is 44.4 Å². The van der Waals surface area contributed by atoms with Crippen molar-refractivity contribution in [1.82, 2.24) is 15.6 Å². The van der Waals surface area contributed by atoms with Crippen LogP contribution in [0.4, 0.5) is 13.2 Å². The van der Waals surface area contributed by atoms with E-state index in [1.54, 1.807) is 0 Å². The van der Waals surface area contributed by atoms with Gasteiger partial charge in [0.2, 0.25) is 5.91 Å². The van der Waals surface area contributed by atoms with Gasteiger partial charge in [-0.2, -0.15) is 13.2 Å². The minimum Gasteiger partial charge on any atom is -0.349 e. The Morgan fingerprint density at radius 3 is 3.00 bits per heavy atom. The Bertz CT molecular complexity index is 563. The number of alkyl halides is 3. The van der Waals surface area contributed by atoms with Gasteiger partial charge < -0.3 is 10.6 Å². The summed E-state index contributed by atoms with van der Waals surface area (Å²) in [7, 11) is 0. The number of carbonyl (C=O) groups is 1. The molecule has 120 valence electrons. The molecule has 2 unspecified atom stereocenters. The van der Waals surface area contributed by atoms with Gasteiger partial charge in [0.15, 0.2) is 0 Å². The molecule has 2 N–H and O–H groups in total. The molecule has 2 fully saturated rings. The Hall–Kier alpha value is -1.63. The number of hydrogen-bond donors (Lipinski definition) is 2. The zero-order valence-corrected chi connectivity index (χ0v) is 12.0. The molecule has 1 saturated carbocycles. The third-order valence-electron chi connectivity index (χ3n) is 4.57. The minimum atomic E-state index is -4.49. The highest BCUT2D eigenvalue weighted by atomic mass is 19.4. The number of carbonyl (C=O) groups excluding carboxylic acids is 1. The highest BCUT2D eigenvalue weighted by Crippen LogP contribution is 2.36. The van der Waals surface area contributed by atoms with E-state index in [1.807, 2.05) is 0 Å². The van der Waals surface area contributed by atoms with E-state index in [2.05, 4.69) is 15.6 Å². The number of aromatic nitrogens is 1. The van der Waals surface area contributed by atoms with Crippen molar-refractivity contribution in [1.29, 1.82) is 0 Å². The van der Waals surface area contributed by atoms with E-state index in [9.17, 15) is 18.0 Å². The Kier molecular flexibility index (Phi) is 3.84. The van der Waals surface area contributed by atoms with Gasteiger partial charge in [0.1, 0.15) is 5.69 Å². The van der Waals surface area contributed by atoms with Crippen LogP contribution in [0.2, 0.25) is 0 Å². The van der Waals surface area contributed by atoms with Crippen LogP contribution in [0.25, 0.3) is 0 Å². The smallest absolute Gasteiger partial charge is 0.349 e. The first-order chi connectivity index (χ1) is 10.4. The molecule has 4 nitrogen and oxygen atoms in total. The number of amides is 1. The second-order valence-electron chi connectivity index (χ2n) is 6.04. The summed E-state index contributed by atoms with van der Waals surface area (Å²) in [4.78, 5) is 15.7. The van der Waals surface area contributed by atoms with Gasteiger partial charge in [0, 0.05) is 6.04 Å². The first-order valence-electron chi connectivity index (χ1n) is 7.47. The molecular formula is C15H18F3N3O. The maximum absolute atomic E-state index is 12.6. The molecule has 2 aliphatic rings. The molecule has 3 rings (SSSR count). The van der Waals surface area contributed by atoms with Crippen LogP contribution in [0.1, 0.15) is 37.1 Å². The topological polar surface area (TPSA) is 54.0 Å². The van der Waals surface area contributed by atoms with E-state index in [-0.39, 0.29) is 29.6 Å². The molecule has 2 atom stereocenters. The average molecular weight is 313 g/mol. The van der Waals surface area contributed by atoms with Crippen molar-refractivity contribution < 1.29 is 18.0 Å². The first kappa shape index (κ1) is 15.3. The fourth-order valence-corrected chi connectivity index (χ4v) is 3.57. The van der Waals surface area contributed by atoms with Crippen LogP contribution in [0.3, 0.4) is 0 Å². The Morgan fingerprint density at radius 2 is 2.23 bits per heavy atom. The monoisotopic (exact) mass is 313 g/mol. The molecule has 2 heterocycles. The lowest BCUT2D eigenvalue weighted by Crippen LogP contribution is -2.53. The predicted octanol–water partition coefficient (Wildman–Crippen LogP) is 2.04. The number of rotatable bonds is 3. The second-order valence-corrected chi connectivity index (χ2v) is 6.04. The van der Waals surface area contributed by atoms with Gasteiger partial charge in [-0.25, -0.2) is 4.98 Å². The molecule has 0 radical (unpaired) electrons. The molecule has 1 aliphatic heterocycles. The first-order valence-corrected chi connectivity index (χ1v) is 7.47. The summed E-state index contributed by atoms with van der Waals surface area (Å²) in [5.74, 6) is -0.262. The Balaban J connectivity index is 1.67. The van der Waals surface area contributed by atoms with Gasteiger partial charge in [-0.1, -0.05) is 6.07 Å². The summed E-state index contributed by atoms with van der Waals surface area (Å²) in [6, 6.07) is 3.93. The van der Waals surface area contributed by atoms with Crippen LogP contribution < -0.4 is 10.6 Å². The lowest BCUT2D eigenvalue weighted by molar-refractivity contribution is -0.141. The van der Waals surface area contributed by atoms with Crippen LogP contribution in [0, 0.1) is 0 Å². The number of pyridine rings is 1. The summed E-state index contributed by atoms with van der Waals surface area (Å²) in [6.45, 7) is 0.868. The maximum atomic E-state index is 12.6. The van der Waals surface area contributed by atoms with E-state index >= 15 is 0 Å². The van der Waals surface area contributed by atoms with Crippen molar-refractivity contribution in [2.45, 2.75) is 49.9 Å². The number of nitrogens with zero attached hydrogens (tertiary/aromatic N) is 1. The minimum absolute atomic E-state index is 0.127. The average Bonchev–Trinajstić information content (AvgIpc) is 2.96. The molecule has 1 saturated heterocycles. The van der Waals surface area contributed by atoms with E-state index in [0.717, 1.165) is 38.3 Å². The molecule has 0 aromatic carbocycles. The van der Waals surface area contributed by atoms with Crippen molar-refractivity contribution in [3.05, 3.63) is 29.6 Å². The molecular weight excluding hydrogens is 295 g/mol. The third-order valence-corrected chi connectivity index (χ3v) is 4.57. The van der Waals surface area contributed by atoms with Gasteiger partial charge in [-0.15, -0.1) is 0 Å². The molecule has 1 amide bonds. The molecule has 22 heavy (non-hydrogen) atoms. The fraction of sp³-hybridized carbons (Fsp3) is 0.600. The van der Waals surface area contributed by atoms with Gasteiger partial charge in [0.05, 0.1) is 17.7 Å². The maximum Gasteiger partial charge on any atom is 0.433 e.